The molecule has 0 spiro atoms. The molecule has 2 saturated heterocycles. The summed E-state index contributed by atoms with van der Waals surface area (Å²) in [6.07, 6.45) is 3.92. The van der Waals surface area contributed by atoms with Gasteiger partial charge in [-0.3, -0.25) is 9.69 Å². The van der Waals surface area contributed by atoms with Gasteiger partial charge in [0.25, 0.3) is 0 Å². The predicted molar refractivity (Wildman–Crippen MR) is 156 cm³/mol. The number of piperazine rings is 1. The summed E-state index contributed by atoms with van der Waals surface area (Å²) in [4.78, 5) is 18.1. The Labute approximate surface area is 238 Å². The fourth-order valence-electron chi connectivity index (χ4n) is 5.54. The molecule has 2 heterocycles. The number of hydrogen-bond acceptors (Lipinski definition) is 3. The highest BCUT2D eigenvalue weighted by Gasteiger charge is 2.35. The van der Waals surface area contributed by atoms with Crippen LogP contribution in [-0.4, -0.2) is 54.5 Å². The maximum atomic E-state index is 13.4. The molecule has 0 unspecified atom stereocenters. The van der Waals surface area contributed by atoms with Crippen LogP contribution in [0.2, 0.25) is 10.0 Å². The fraction of sp³-hybridized carbons (Fsp3) is 0.536. The van der Waals surface area contributed by atoms with Crippen LogP contribution in [0.5, 0.6) is 0 Å². The maximum absolute atomic E-state index is 13.4. The highest BCUT2D eigenvalue weighted by Crippen LogP contribution is 2.33. The lowest BCUT2D eigenvalue weighted by Gasteiger charge is -2.46. The fourth-order valence-corrected chi connectivity index (χ4v) is 5.79. The van der Waals surface area contributed by atoms with Gasteiger partial charge in [0.1, 0.15) is 0 Å². The van der Waals surface area contributed by atoms with Crippen LogP contribution < -0.4 is 5.32 Å². The molecule has 200 valence electrons. The molecular formula is C28H39Cl4N3O. The third-order valence-electron chi connectivity index (χ3n) is 7.24. The molecule has 36 heavy (non-hydrogen) atoms. The Morgan fingerprint density at radius 1 is 0.917 bits per heavy atom. The zero-order valence-corrected chi connectivity index (χ0v) is 24.3. The Morgan fingerprint density at radius 3 is 1.94 bits per heavy atom. The lowest BCUT2D eigenvalue weighted by atomic mass is 9.91. The first-order valence-corrected chi connectivity index (χ1v) is 13.4. The summed E-state index contributed by atoms with van der Waals surface area (Å²) in [5.74, 6) is 1.39. The first-order chi connectivity index (χ1) is 16.4. The molecule has 4 rings (SSSR count). The van der Waals surface area contributed by atoms with Crippen LogP contribution >= 0.6 is 48.0 Å². The van der Waals surface area contributed by atoms with Crippen LogP contribution in [0.1, 0.15) is 56.7 Å². The minimum absolute atomic E-state index is 0. The van der Waals surface area contributed by atoms with E-state index in [2.05, 4.69) is 53.2 Å². The average Bonchev–Trinajstić information content (AvgIpc) is 2.82. The molecular weight excluding hydrogens is 536 g/mol. The third-order valence-corrected chi connectivity index (χ3v) is 7.74. The number of carbonyl (C=O) groups excluding carboxylic acids is 1. The lowest BCUT2D eigenvalue weighted by molar-refractivity contribution is -0.138. The largest absolute Gasteiger partial charge is 0.337 e. The highest BCUT2D eigenvalue weighted by atomic mass is 35.5. The maximum Gasteiger partial charge on any atom is 0.223 e. The molecule has 2 aliphatic heterocycles. The lowest BCUT2D eigenvalue weighted by Crippen LogP contribution is -2.56. The molecule has 0 aliphatic carbocycles. The van der Waals surface area contributed by atoms with E-state index in [-0.39, 0.29) is 36.9 Å². The van der Waals surface area contributed by atoms with Crippen molar-refractivity contribution >= 4 is 53.9 Å². The molecule has 0 saturated carbocycles. The van der Waals surface area contributed by atoms with E-state index in [1.54, 1.807) is 0 Å². The van der Waals surface area contributed by atoms with Gasteiger partial charge in [0, 0.05) is 42.1 Å². The van der Waals surface area contributed by atoms with Crippen molar-refractivity contribution in [2.24, 2.45) is 11.8 Å². The standard InChI is InChI=1S/C28H37Cl2N3O.2ClH/c1-20(2)17-26-19-32(15-16-33(26)27(34)18-21-11-13-31-14-12-21)28(22-3-7-24(29)8-4-22)23-5-9-25(30)10-6-23;;/h3-10,20-21,26,28,31H,11-19H2,1-2H3;2*1H/t26-;;/m0../s1. The normalized spacial score (nSPS) is 19.2. The summed E-state index contributed by atoms with van der Waals surface area (Å²) in [6, 6.07) is 16.7. The molecule has 2 aliphatic rings. The summed E-state index contributed by atoms with van der Waals surface area (Å²) in [7, 11) is 0. The van der Waals surface area contributed by atoms with Gasteiger partial charge in [-0.15, -0.1) is 24.8 Å². The first-order valence-electron chi connectivity index (χ1n) is 12.7. The Bertz CT molecular complexity index is 887. The van der Waals surface area contributed by atoms with Crippen molar-refractivity contribution in [1.82, 2.24) is 15.1 Å². The van der Waals surface area contributed by atoms with E-state index in [1.165, 1.54) is 11.1 Å². The van der Waals surface area contributed by atoms with Gasteiger partial charge in [0.2, 0.25) is 5.91 Å². The topological polar surface area (TPSA) is 35.6 Å². The summed E-state index contributed by atoms with van der Waals surface area (Å²) in [5, 5.41) is 4.89. The smallest absolute Gasteiger partial charge is 0.223 e. The second-order valence-corrected chi connectivity index (χ2v) is 11.1. The zero-order chi connectivity index (χ0) is 24.1. The quantitative estimate of drug-likeness (QED) is 0.391. The number of hydrogen-bond donors (Lipinski definition) is 1. The molecule has 0 radical (unpaired) electrons. The molecule has 4 nitrogen and oxygen atoms in total. The van der Waals surface area contributed by atoms with Crippen LogP contribution in [-0.2, 0) is 4.79 Å². The van der Waals surface area contributed by atoms with Gasteiger partial charge in [-0.2, -0.15) is 0 Å². The third kappa shape index (κ3) is 8.24. The summed E-state index contributed by atoms with van der Waals surface area (Å²) < 4.78 is 0. The van der Waals surface area contributed by atoms with Crippen molar-refractivity contribution in [3.8, 4) is 0 Å². The van der Waals surface area contributed by atoms with Gasteiger partial charge in [0.15, 0.2) is 0 Å². The molecule has 0 aromatic heterocycles. The molecule has 1 amide bonds. The molecule has 8 heteroatoms. The van der Waals surface area contributed by atoms with Gasteiger partial charge < -0.3 is 10.2 Å². The van der Waals surface area contributed by atoms with Gasteiger partial charge >= 0.3 is 0 Å². The number of benzene rings is 2. The molecule has 2 fully saturated rings. The number of carbonyl (C=O) groups is 1. The Balaban J connectivity index is 0.00000228. The Morgan fingerprint density at radius 2 is 1.44 bits per heavy atom. The molecule has 2 aromatic carbocycles. The van der Waals surface area contributed by atoms with Gasteiger partial charge in [-0.25, -0.2) is 0 Å². The second-order valence-electron chi connectivity index (χ2n) is 10.3. The van der Waals surface area contributed by atoms with E-state index in [4.69, 9.17) is 23.2 Å². The van der Waals surface area contributed by atoms with Crippen LogP contribution in [0.25, 0.3) is 0 Å². The average molecular weight is 575 g/mol. The Hall–Kier alpha value is -1.01. The number of nitrogens with zero attached hydrogens (tertiary/aromatic N) is 2. The number of piperidine rings is 1. The van der Waals surface area contributed by atoms with E-state index < -0.39 is 0 Å². The van der Waals surface area contributed by atoms with Crippen LogP contribution in [0.4, 0.5) is 0 Å². The van der Waals surface area contributed by atoms with Crippen molar-refractivity contribution < 1.29 is 4.79 Å². The van der Waals surface area contributed by atoms with Crippen molar-refractivity contribution in [3.63, 3.8) is 0 Å². The summed E-state index contributed by atoms with van der Waals surface area (Å²) in [5.41, 5.74) is 2.43. The van der Waals surface area contributed by atoms with E-state index in [1.807, 2.05) is 24.3 Å². The van der Waals surface area contributed by atoms with Crippen molar-refractivity contribution in [2.45, 2.75) is 51.6 Å². The van der Waals surface area contributed by atoms with E-state index in [9.17, 15) is 4.79 Å². The van der Waals surface area contributed by atoms with Gasteiger partial charge in [0.05, 0.1) is 6.04 Å². The van der Waals surface area contributed by atoms with Gasteiger partial charge in [-0.1, -0.05) is 61.3 Å². The van der Waals surface area contributed by atoms with Crippen LogP contribution in [0.15, 0.2) is 48.5 Å². The SMILES string of the molecule is CC(C)C[C@H]1CN(C(c2ccc(Cl)cc2)c2ccc(Cl)cc2)CCN1C(=O)CC1CCNCC1.Cl.Cl. The van der Waals surface area contributed by atoms with Gasteiger partial charge in [-0.05, 0) is 79.6 Å². The minimum atomic E-state index is 0. The Kier molecular flexibility index (Phi) is 12.8. The number of rotatable bonds is 7. The number of nitrogens with one attached hydrogen (secondary N) is 1. The summed E-state index contributed by atoms with van der Waals surface area (Å²) in [6.45, 7) is 9.07. The second kappa shape index (κ2) is 14.8. The number of halogens is 4. The molecule has 2 aromatic rings. The van der Waals surface area contributed by atoms with Crippen molar-refractivity contribution in [2.75, 3.05) is 32.7 Å². The first kappa shape index (κ1) is 31.2. The van der Waals surface area contributed by atoms with Crippen LogP contribution in [0, 0.1) is 11.8 Å². The van der Waals surface area contributed by atoms with Crippen molar-refractivity contribution in [1.29, 1.82) is 0 Å². The predicted octanol–water partition coefficient (Wildman–Crippen LogP) is 6.88. The highest BCUT2D eigenvalue weighted by molar-refractivity contribution is 6.30. The monoisotopic (exact) mass is 573 g/mol. The molecule has 0 bridgehead atoms. The number of amides is 1. The van der Waals surface area contributed by atoms with E-state index in [0.29, 0.717) is 24.2 Å². The molecule has 1 atom stereocenters. The zero-order valence-electron chi connectivity index (χ0n) is 21.2. The molecule has 1 N–H and O–H groups in total. The van der Waals surface area contributed by atoms with Crippen LogP contribution in [0.3, 0.4) is 0 Å². The minimum Gasteiger partial charge on any atom is -0.337 e. The summed E-state index contributed by atoms with van der Waals surface area (Å²) >= 11 is 12.4. The van der Waals surface area contributed by atoms with E-state index >= 15 is 0 Å². The van der Waals surface area contributed by atoms with E-state index in [0.717, 1.165) is 62.0 Å². The van der Waals surface area contributed by atoms with Crippen molar-refractivity contribution in [3.05, 3.63) is 69.7 Å².